The largest absolute Gasteiger partial charge is 0.444 e. The van der Waals surface area contributed by atoms with Gasteiger partial charge in [-0.25, -0.2) is 4.79 Å². The lowest BCUT2D eigenvalue weighted by Crippen LogP contribution is -2.27. The molecule has 2 rings (SSSR count). The number of nitrogens with one attached hydrogen (secondary N) is 2. The summed E-state index contributed by atoms with van der Waals surface area (Å²) in [4.78, 5) is 24.1. The molecule has 0 saturated carbocycles. The van der Waals surface area contributed by atoms with Crippen molar-refractivity contribution in [1.29, 1.82) is 0 Å². The molecule has 0 bridgehead atoms. The summed E-state index contributed by atoms with van der Waals surface area (Å²) in [6, 6.07) is 9.14. The smallest absolute Gasteiger partial charge is 0.412 e. The van der Waals surface area contributed by atoms with Gasteiger partial charge in [0.05, 0.1) is 11.3 Å². The Balaban J connectivity index is 2.06. The van der Waals surface area contributed by atoms with Crippen molar-refractivity contribution < 1.29 is 14.3 Å². The molecule has 22 heavy (non-hydrogen) atoms. The van der Waals surface area contributed by atoms with Gasteiger partial charge in [0.1, 0.15) is 5.60 Å². The minimum Gasteiger partial charge on any atom is -0.444 e. The zero-order chi connectivity index (χ0) is 16.2. The van der Waals surface area contributed by atoms with E-state index in [0.29, 0.717) is 16.9 Å². The zero-order valence-electron chi connectivity index (χ0n) is 12.7. The third-order valence-electron chi connectivity index (χ3n) is 2.57. The lowest BCUT2D eigenvalue weighted by molar-refractivity contribution is 0.0636. The quantitative estimate of drug-likeness (QED) is 0.884. The van der Waals surface area contributed by atoms with Gasteiger partial charge in [-0.3, -0.25) is 10.1 Å². The molecule has 116 valence electrons. The van der Waals surface area contributed by atoms with E-state index in [4.69, 9.17) is 4.74 Å². The van der Waals surface area contributed by atoms with E-state index in [1.54, 1.807) is 43.7 Å². The maximum absolute atomic E-state index is 12.3. The number of carbonyl (C=O) groups is 2. The van der Waals surface area contributed by atoms with Crippen molar-refractivity contribution in [2.75, 3.05) is 10.6 Å². The van der Waals surface area contributed by atoms with E-state index >= 15 is 0 Å². The first-order valence-electron chi connectivity index (χ1n) is 6.78. The third-order valence-corrected chi connectivity index (χ3v) is 3.32. The summed E-state index contributed by atoms with van der Waals surface area (Å²) >= 11 is 1.33. The average molecular weight is 318 g/mol. The maximum atomic E-state index is 12.3. The zero-order valence-corrected chi connectivity index (χ0v) is 13.5. The van der Waals surface area contributed by atoms with Crippen LogP contribution in [0.1, 0.15) is 31.1 Å². The van der Waals surface area contributed by atoms with E-state index in [-0.39, 0.29) is 5.91 Å². The van der Waals surface area contributed by atoms with Gasteiger partial charge in [0.25, 0.3) is 5.91 Å². The molecule has 0 saturated heterocycles. The van der Waals surface area contributed by atoms with Crippen LogP contribution in [0.2, 0.25) is 0 Å². The topological polar surface area (TPSA) is 67.4 Å². The van der Waals surface area contributed by atoms with Crippen LogP contribution in [0, 0.1) is 0 Å². The Morgan fingerprint density at radius 1 is 1.05 bits per heavy atom. The highest BCUT2D eigenvalue weighted by molar-refractivity contribution is 7.08. The molecule has 1 heterocycles. The first-order chi connectivity index (χ1) is 10.3. The molecular formula is C16H18N2O3S. The molecule has 0 spiro atoms. The fourth-order valence-corrected chi connectivity index (χ4v) is 2.46. The van der Waals surface area contributed by atoms with E-state index in [9.17, 15) is 9.59 Å². The van der Waals surface area contributed by atoms with Gasteiger partial charge in [0.2, 0.25) is 0 Å². The second-order valence-corrected chi connectivity index (χ2v) is 6.39. The third kappa shape index (κ3) is 4.60. The molecule has 2 N–H and O–H groups in total. The molecule has 0 aliphatic rings. The number of rotatable bonds is 3. The van der Waals surface area contributed by atoms with Crippen molar-refractivity contribution in [2.45, 2.75) is 26.4 Å². The second kappa shape index (κ2) is 6.62. The molecule has 0 aliphatic heterocycles. The van der Waals surface area contributed by atoms with E-state index in [1.165, 1.54) is 11.3 Å². The summed E-state index contributed by atoms with van der Waals surface area (Å²) in [7, 11) is 0. The van der Waals surface area contributed by atoms with Gasteiger partial charge in [-0.1, -0.05) is 18.2 Å². The van der Waals surface area contributed by atoms with E-state index in [2.05, 4.69) is 10.6 Å². The number of anilines is 2. The van der Waals surface area contributed by atoms with Crippen LogP contribution in [0.3, 0.4) is 0 Å². The molecule has 1 aromatic carbocycles. The number of benzene rings is 1. The van der Waals surface area contributed by atoms with Crippen molar-refractivity contribution in [1.82, 2.24) is 0 Å². The minimum absolute atomic E-state index is 0.279. The Morgan fingerprint density at radius 3 is 2.36 bits per heavy atom. The summed E-state index contributed by atoms with van der Waals surface area (Å²) in [5.74, 6) is -0.279. The standard InChI is InChI=1S/C16H18N2O3S/c1-16(2,3)21-15(20)18-13-10-22-9-12(13)14(19)17-11-7-5-4-6-8-11/h4-10H,1-3H3,(H,17,19)(H,18,20). The first-order valence-corrected chi connectivity index (χ1v) is 7.72. The highest BCUT2D eigenvalue weighted by atomic mass is 32.1. The highest BCUT2D eigenvalue weighted by Gasteiger charge is 2.19. The van der Waals surface area contributed by atoms with Crippen LogP contribution < -0.4 is 10.6 Å². The Morgan fingerprint density at radius 2 is 1.73 bits per heavy atom. The van der Waals surface area contributed by atoms with Crippen LogP contribution >= 0.6 is 11.3 Å². The summed E-state index contributed by atoms with van der Waals surface area (Å²) < 4.78 is 5.19. The Labute approximate surface area is 133 Å². The van der Waals surface area contributed by atoms with Crippen molar-refractivity contribution in [2.24, 2.45) is 0 Å². The van der Waals surface area contributed by atoms with E-state index in [1.807, 2.05) is 18.2 Å². The number of para-hydroxylation sites is 1. The number of thiophene rings is 1. The van der Waals surface area contributed by atoms with Gasteiger partial charge in [0, 0.05) is 16.4 Å². The van der Waals surface area contributed by atoms with Gasteiger partial charge >= 0.3 is 6.09 Å². The van der Waals surface area contributed by atoms with Crippen molar-refractivity contribution >= 4 is 34.7 Å². The number of carbonyl (C=O) groups excluding carboxylic acids is 2. The Kier molecular flexibility index (Phi) is 4.82. The predicted molar refractivity (Wildman–Crippen MR) is 88.6 cm³/mol. The van der Waals surface area contributed by atoms with Crippen LogP contribution in [-0.4, -0.2) is 17.6 Å². The van der Waals surface area contributed by atoms with Crippen LogP contribution in [0.5, 0.6) is 0 Å². The predicted octanol–water partition coefficient (Wildman–Crippen LogP) is 4.35. The van der Waals surface area contributed by atoms with E-state index < -0.39 is 11.7 Å². The van der Waals surface area contributed by atoms with E-state index in [0.717, 1.165) is 0 Å². The molecule has 1 aromatic heterocycles. The SMILES string of the molecule is CC(C)(C)OC(=O)Nc1cscc1C(=O)Nc1ccccc1. The number of amides is 2. The molecule has 0 aliphatic carbocycles. The molecule has 0 fully saturated rings. The Bertz CT molecular complexity index is 660. The molecule has 0 atom stereocenters. The van der Waals surface area contributed by atoms with Gasteiger partial charge in [-0.2, -0.15) is 0 Å². The van der Waals surface area contributed by atoms with Crippen molar-refractivity contribution in [3.8, 4) is 0 Å². The molecule has 6 heteroatoms. The maximum Gasteiger partial charge on any atom is 0.412 e. The normalized spacial score (nSPS) is 10.9. The van der Waals surface area contributed by atoms with Crippen molar-refractivity contribution in [3.63, 3.8) is 0 Å². The minimum atomic E-state index is -0.591. The fraction of sp³-hybridized carbons (Fsp3) is 0.250. The lowest BCUT2D eigenvalue weighted by atomic mass is 10.2. The summed E-state index contributed by atoms with van der Waals surface area (Å²) in [5.41, 5.74) is 0.946. The molecule has 0 radical (unpaired) electrons. The van der Waals surface area contributed by atoms with Gasteiger partial charge in [-0.05, 0) is 32.9 Å². The molecular weight excluding hydrogens is 300 g/mol. The lowest BCUT2D eigenvalue weighted by Gasteiger charge is -2.19. The van der Waals surface area contributed by atoms with Crippen molar-refractivity contribution in [3.05, 3.63) is 46.7 Å². The van der Waals surface area contributed by atoms with Crippen LogP contribution in [0.4, 0.5) is 16.2 Å². The van der Waals surface area contributed by atoms with Crippen LogP contribution in [-0.2, 0) is 4.74 Å². The Hall–Kier alpha value is -2.34. The fourth-order valence-electron chi connectivity index (χ4n) is 1.70. The summed E-state index contributed by atoms with van der Waals surface area (Å²) in [6.07, 6.45) is -0.584. The number of hydrogen-bond acceptors (Lipinski definition) is 4. The first kappa shape index (κ1) is 16.0. The second-order valence-electron chi connectivity index (χ2n) is 5.65. The molecule has 2 amide bonds. The van der Waals surface area contributed by atoms with Gasteiger partial charge < -0.3 is 10.1 Å². The van der Waals surface area contributed by atoms with Gasteiger partial charge in [0.15, 0.2) is 0 Å². The summed E-state index contributed by atoms with van der Waals surface area (Å²) in [6.45, 7) is 5.34. The molecule has 0 unspecified atom stereocenters. The molecule has 5 nitrogen and oxygen atoms in total. The monoisotopic (exact) mass is 318 g/mol. The summed E-state index contributed by atoms with van der Waals surface area (Å²) in [5, 5.41) is 8.77. The van der Waals surface area contributed by atoms with Crippen LogP contribution in [0.25, 0.3) is 0 Å². The van der Waals surface area contributed by atoms with Crippen LogP contribution in [0.15, 0.2) is 41.1 Å². The highest BCUT2D eigenvalue weighted by Crippen LogP contribution is 2.23. The van der Waals surface area contributed by atoms with Gasteiger partial charge in [-0.15, -0.1) is 11.3 Å². The average Bonchev–Trinajstić information content (AvgIpc) is 2.85. The number of ether oxygens (including phenoxy) is 1. The molecule has 2 aromatic rings. The number of hydrogen-bond donors (Lipinski definition) is 2.